The van der Waals surface area contributed by atoms with Crippen LogP contribution in [-0.4, -0.2) is 14.8 Å². The van der Waals surface area contributed by atoms with Gasteiger partial charge in [-0.25, -0.2) is 4.68 Å². The molecule has 84 valence electrons. The lowest BCUT2D eigenvalue weighted by Crippen LogP contribution is -1.97. The number of rotatable bonds is 1. The van der Waals surface area contributed by atoms with Crippen molar-refractivity contribution < 1.29 is 0 Å². The Morgan fingerprint density at radius 1 is 1.18 bits per heavy atom. The molecule has 0 aliphatic heterocycles. The van der Waals surface area contributed by atoms with E-state index in [1.165, 1.54) is 0 Å². The van der Waals surface area contributed by atoms with E-state index in [1.807, 2.05) is 42.1 Å². The molecule has 0 spiro atoms. The van der Waals surface area contributed by atoms with E-state index in [9.17, 15) is 0 Å². The van der Waals surface area contributed by atoms with E-state index in [-0.39, 0.29) is 0 Å². The summed E-state index contributed by atoms with van der Waals surface area (Å²) in [6, 6.07) is 7.83. The number of hydrogen-bond donors (Lipinski definition) is 0. The van der Waals surface area contributed by atoms with Crippen LogP contribution in [0.5, 0.6) is 0 Å². The van der Waals surface area contributed by atoms with Crippen LogP contribution in [0.1, 0.15) is 5.56 Å². The Kier molecular flexibility index (Phi) is 2.34. The zero-order valence-electron chi connectivity index (χ0n) is 9.26. The number of fused-ring (bicyclic) bond motifs is 1. The largest absolute Gasteiger partial charge is 0.262 e. The molecule has 2 heterocycles. The Morgan fingerprint density at radius 3 is 2.88 bits per heavy atom. The fourth-order valence-electron chi connectivity index (χ4n) is 1.88. The highest BCUT2D eigenvalue weighted by Gasteiger charge is 2.07. The number of aryl methyl sites for hydroxylation is 1. The molecule has 0 radical (unpaired) electrons. The molecule has 1 aromatic carbocycles. The van der Waals surface area contributed by atoms with E-state index >= 15 is 0 Å². The van der Waals surface area contributed by atoms with Crippen LogP contribution in [0, 0.1) is 6.92 Å². The Labute approximate surface area is 104 Å². The van der Waals surface area contributed by atoms with Gasteiger partial charge in [0.05, 0.1) is 28.6 Å². The fraction of sp³-hybridized carbons (Fsp3) is 0.0769. The van der Waals surface area contributed by atoms with Gasteiger partial charge in [0.2, 0.25) is 0 Å². The summed E-state index contributed by atoms with van der Waals surface area (Å²) in [5.74, 6) is 0. The smallest absolute Gasteiger partial charge is 0.0838 e. The molecule has 0 aliphatic carbocycles. The summed E-state index contributed by atoms with van der Waals surface area (Å²) in [5.41, 5.74) is 3.04. The maximum atomic E-state index is 6.12. The van der Waals surface area contributed by atoms with Gasteiger partial charge in [0.1, 0.15) is 0 Å². The molecular formula is C13H10ClN3. The number of aromatic nitrogens is 3. The van der Waals surface area contributed by atoms with Crippen molar-refractivity contribution in [3.8, 4) is 5.69 Å². The minimum absolute atomic E-state index is 0.717. The predicted octanol–water partition coefficient (Wildman–Crippen LogP) is 3.38. The maximum absolute atomic E-state index is 6.12. The van der Waals surface area contributed by atoms with Crippen molar-refractivity contribution in [2.75, 3.05) is 0 Å². The second-order valence-electron chi connectivity index (χ2n) is 3.95. The van der Waals surface area contributed by atoms with Gasteiger partial charge in [0.25, 0.3) is 0 Å². The molecule has 4 heteroatoms. The van der Waals surface area contributed by atoms with Gasteiger partial charge in [-0.05, 0) is 30.7 Å². The van der Waals surface area contributed by atoms with E-state index in [1.54, 1.807) is 12.4 Å². The summed E-state index contributed by atoms with van der Waals surface area (Å²) in [5, 5.41) is 6.03. The van der Waals surface area contributed by atoms with Crippen molar-refractivity contribution in [1.29, 1.82) is 0 Å². The Balaban J connectivity index is 2.28. The molecule has 2 aromatic heterocycles. The molecule has 0 N–H and O–H groups in total. The first-order valence-corrected chi connectivity index (χ1v) is 5.68. The highest BCUT2D eigenvalue weighted by Crippen LogP contribution is 2.24. The maximum Gasteiger partial charge on any atom is 0.0838 e. The van der Waals surface area contributed by atoms with Crippen molar-refractivity contribution >= 4 is 22.5 Å². The molecule has 0 bridgehead atoms. The summed E-state index contributed by atoms with van der Waals surface area (Å²) in [4.78, 5) is 4.18. The standard InChI is InChI=1S/C13H10ClN3/c1-9-5-10(7-15-6-9)17-13-4-2-3-12(14)11(13)8-16-17/h2-8H,1H3. The Hall–Kier alpha value is -1.87. The summed E-state index contributed by atoms with van der Waals surface area (Å²) in [6.07, 6.45) is 5.39. The quantitative estimate of drug-likeness (QED) is 0.656. The van der Waals surface area contributed by atoms with E-state index in [4.69, 9.17) is 11.6 Å². The third-order valence-corrected chi connectivity index (χ3v) is 3.00. The predicted molar refractivity (Wildman–Crippen MR) is 68.6 cm³/mol. The zero-order chi connectivity index (χ0) is 11.8. The molecule has 0 amide bonds. The summed E-state index contributed by atoms with van der Waals surface area (Å²) < 4.78 is 1.85. The van der Waals surface area contributed by atoms with Crippen LogP contribution in [0.25, 0.3) is 16.6 Å². The lowest BCUT2D eigenvalue weighted by Gasteiger charge is -2.03. The average molecular weight is 244 g/mol. The average Bonchev–Trinajstić information content (AvgIpc) is 2.74. The Morgan fingerprint density at radius 2 is 2.06 bits per heavy atom. The fourth-order valence-corrected chi connectivity index (χ4v) is 2.09. The van der Waals surface area contributed by atoms with E-state index < -0.39 is 0 Å². The van der Waals surface area contributed by atoms with Crippen LogP contribution < -0.4 is 0 Å². The van der Waals surface area contributed by atoms with Crippen molar-refractivity contribution in [2.24, 2.45) is 0 Å². The third-order valence-electron chi connectivity index (χ3n) is 2.67. The van der Waals surface area contributed by atoms with Gasteiger partial charge in [-0.1, -0.05) is 17.7 Å². The molecule has 17 heavy (non-hydrogen) atoms. The van der Waals surface area contributed by atoms with Crippen LogP contribution in [0.3, 0.4) is 0 Å². The molecule has 0 saturated carbocycles. The number of hydrogen-bond acceptors (Lipinski definition) is 2. The van der Waals surface area contributed by atoms with Crippen LogP contribution in [-0.2, 0) is 0 Å². The summed E-state index contributed by atoms with van der Waals surface area (Å²) in [7, 11) is 0. The monoisotopic (exact) mass is 243 g/mol. The van der Waals surface area contributed by atoms with Gasteiger partial charge in [-0.15, -0.1) is 0 Å². The lowest BCUT2D eigenvalue weighted by molar-refractivity contribution is 0.901. The first-order valence-electron chi connectivity index (χ1n) is 5.30. The molecule has 0 atom stereocenters. The highest BCUT2D eigenvalue weighted by atomic mass is 35.5. The van der Waals surface area contributed by atoms with Crippen LogP contribution in [0.4, 0.5) is 0 Å². The molecule has 3 aromatic rings. The van der Waals surface area contributed by atoms with Gasteiger partial charge >= 0.3 is 0 Å². The molecule has 0 unspecified atom stereocenters. The molecule has 3 rings (SSSR count). The lowest BCUT2D eigenvalue weighted by atomic mass is 10.2. The van der Waals surface area contributed by atoms with Crippen molar-refractivity contribution in [3.05, 3.63) is 53.4 Å². The Bertz CT molecular complexity index is 688. The minimum atomic E-state index is 0.717. The van der Waals surface area contributed by atoms with Gasteiger partial charge in [-0.3, -0.25) is 4.98 Å². The molecule has 0 saturated heterocycles. The summed E-state index contributed by atoms with van der Waals surface area (Å²) >= 11 is 6.12. The van der Waals surface area contributed by atoms with Crippen molar-refractivity contribution in [2.45, 2.75) is 6.92 Å². The van der Waals surface area contributed by atoms with Crippen molar-refractivity contribution in [1.82, 2.24) is 14.8 Å². The first kappa shape index (κ1) is 10.3. The molecule has 0 fully saturated rings. The molecule has 0 aliphatic rings. The van der Waals surface area contributed by atoms with Crippen molar-refractivity contribution in [3.63, 3.8) is 0 Å². The first-order chi connectivity index (χ1) is 8.25. The molecule has 3 nitrogen and oxygen atoms in total. The normalized spacial score (nSPS) is 10.9. The number of benzene rings is 1. The summed E-state index contributed by atoms with van der Waals surface area (Å²) in [6.45, 7) is 2.01. The van der Waals surface area contributed by atoms with Crippen LogP contribution in [0.2, 0.25) is 5.02 Å². The second kappa shape index (κ2) is 3.86. The second-order valence-corrected chi connectivity index (χ2v) is 4.36. The number of halogens is 1. The minimum Gasteiger partial charge on any atom is -0.262 e. The zero-order valence-corrected chi connectivity index (χ0v) is 10.0. The van der Waals surface area contributed by atoms with Gasteiger partial charge in [0, 0.05) is 11.6 Å². The topological polar surface area (TPSA) is 30.7 Å². The number of pyridine rings is 1. The van der Waals surface area contributed by atoms with Gasteiger partial charge in [0.15, 0.2) is 0 Å². The van der Waals surface area contributed by atoms with Gasteiger partial charge < -0.3 is 0 Å². The van der Waals surface area contributed by atoms with E-state index in [0.29, 0.717) is 0 Å². The third kappa shape index (κ3) is 1.68. The molecular weight excluding hydrogens is 234 g/mol. The SMILES string of the molecule is Cc1cncc(-n2ncc3c(Cl)cccc32)c1. The highest BCUT2D eigenvalue weighted by molar-refractivity contribution is 6.35. The van der Waals surface area contributed by atoms with Gasteiger partial charge in [-0.2, -0.15) is 5.10 Å². The van der Waals surface area contributed by atoms with E-state index in [2.05, 4.69) is 10.1 Å². The van der Waals surface area contributed by atoms with E-state index in [0.717, 1.165) is 27.2 Å². The van der Waals surface area contributed by atoms with Crippen LogP contribution >= 0.6 is 11.6 Å². The number of nitrogens with zero attached hydrogens (tertiary/aromatic N) is 3. The van der Waals surface area contributed by atoms with Crippen LogP contribution in [0.15, 0.2) is 42.9 Å².